The van der Waals surface area contributed by atoms with Crippen LogP contribution >= 0.6 is 0 Å². The number of carbonyl (C=O) groups excluding carboxylic acids is 1. The highest BCUT2D eigenvalue weighted by molar-refractivity contribution is 5.78. The summed E-state index contributed by atoms with van der Waals surface area (Å²) in [6.07, 6.45) is 2.27. The standard InChI is InChI=1S/C10H13NO/c1-7(12)6-10-4-5-11-9(3)8(10)2/h4-5H,6H2,1-3H3. The molecule has 0 atom stereocenters. The molecule has 0 aromatic carbocycles. The van der Waals surface area contributed by atoms with Crippen molar-refractivity contribution in [3.63, 3.8) is 0 Å². The Hall–Kier alpha value is -1.18. The van der Waals surface area contributed by atoms with Gasteiger partial charge in [0.25, 0.3) is 0 Å². The summed E-state index contributed by atoms with van der Waals surface area (Å²) in [5.41, 5.74) is 3.23. The van der Waals surface area contributed by atoms with Crippen LogP contribution in [0.15, 0.2) is 12.3 Å². The second-order valence-corrected chi connectivity index (χ2v) is 3.06. The lowest BCUT2D eigenvalue weighted by molar-refractivity contribution is -0.116. The first-order valence-electron chi connectivity index (χ1n) is 4.02. The number of ketones is 1. The molecule has 1 rings (SSSR count). The molecule has 2 nitrogen and oxygen atoms in total. The fourth-order valence-corrected chi connectivity index (χ4v) is 1.15. The van der Waals surface area contributed by atoms with Gasteiger partial charge in [-0.3, -0.25) is 9.78 Å². The van der Waals surface area contributed by atoms with Crippen LogP contribution in [-0.4, -0.2) is 10.8 Å². The van der Waals surface area contributed by atoms with E-state index in [9.17, 15) is 4.79 Å². The summed E-state index contributed by atoms with van der Waals surface area (Å²) in [4.78, 5) is 15.0. The maximum Gasteiger partial charge on any atom is 0.134 e. The molecule has 0 radical (unpaired) electrons. The van der Waals surface area contributed by atoms with Crippen molar-refractivity contribution in [2.24, 2.45) is 0 Å². The Morgan fingerprint density at radius 2 is 2.17 bits per heavy atom. The predicted octanol–water partition coefficient (Wildman–Crippen LogP) is 1.83. The van der Waals surface area contributed by atoms with Crippen molar-refractivity contribution in [2.45, 2.75) is 27.2 Å². The highest BCUT2D eigenvalue weighted by Crippen LogP contribution is 2.10. The minimum atomic E-state index is 0.198. The first-order valence-corrected chi connectivity index (χ1v) is 4.02. The molecule has 12 heavy (non-hydrogen) atoms. The van der Waals surface area contributed by atoms with Crippen molar-refractivity contribution in [2.75, 3.05) is 0 Å². The lowest BCUT2D eigenvalue weighted by Gasteiger charge is -2.04. The van der Waals surface area contributed by atoms with Gasteiger partial charge in [0, 0.05) is 18.3 Å². The molecule has 1 aromatic rings. The summed E-state index contributed by atoms with van der Waals surface area (Å²) < 4.78 is 0. The number of hydrogen-bond acceptors (Lipinski definition) is 2. The molecule has 0 N–H and O–H groups in total. The molecule has 0 bridgehead atoms. The number of carbonyl (C=O) groups is 1. The SMILES string of the molecule is CC(=O)Cc1ccnc(C)c1C. The largest absolute Gasteiger partial charge is 0.300 e. The van der Waals surface area contributed by atoms with Crippen LogP contribution < -0.4 is 0 Å². The van der Waals surface area contributed by atoms with Gasteiger partial charge in [0.15, 0.2) is 0 Å². The molecule has 1 aromatic heterocycles. The van der Waals surface area contributed by atoms with Crippen molar-refractivity contribution in [3.8, 4) is 0 Å². The lowest BCUT2D eigenvalue weighted by atomic mass is 10.0. The van der Waals surface area contributed by atoms with E-state index in [2.05, 4.69) is 4.98 Å². The Balaban J connectivity index is 3.00. The van der Waals surface area contributed by atoms with Gasteiger partial charge in [0.05, 0.1) is 0 Å². The highest BCUT2D eigenvalue weighted by atomic mass is 16.1. The van der Waals surface area contributed by atoms with Crippen LogP contribution in [0.25, 0.3) is 0 Å². The molecule has 0 unspecified atom stereocenters. The molecule has 0 spiro atoms. The summed E-state index contributed by atoms with van der Waals surface area (Å²) in [7, 11) is 0. The number of aryl methyl sites for hydroxylation is 1. The fraction of sp³-hybridized carbons (Fsp3) is 0.400. The van der Waals surface area contributed by atoms with Crippen molar-refractivity contribution in [3.05, 3.63) is 29.1 Å². The van der Waals surface area contributed by atoms with Gasteiger partial charge in [-0.15, -0.1) is 0 Å². The summed E-state index contributed by atoms with van der Waals surface area (Å²) in [5.74, 6) is 0.198. The molecule has 2 heteroatoms. The molecule has 0 aliphatic heterocycles. The van der Waals surface area contributed by atoms with Crippen LogP contribution in [-0.2, 0) is 11.2 Å². The monoisotopic (exact) mass is 163 g/mol. The zero-order chi connectivity index (χ0) is 9.14. The van der Waals surface area contributed by atoms with E-state index in [1.807, 2.05) is 19.9 Å². The Morgan fingerprint density at radius 1 is 1.50 bits per heavy atom. The normalized spacial score (nSPS) is 9.92. The number of rotatable bonds is 2. The van der Waals surface area contributed by atoms with Crippen molar-refractivity contribution < 1.29 is 4.79 Å². The van der Waals surface area contributed by atoms with E-state index in [1.54, 1.807) is 13.1 Å². The van der Waals surface area contributed by atoms with Crippen LogP contribution in [0.1, 0.15) is 23.7 Å². The third-order valence-corrected chi connectivity index (χ3v) is 2.01. The van der Waals surface area contributed by atoms with Gasteiger partial charge < -0.3 is 0 Å². The number of aromatic nitrogens is 1. The van der Waals surface area contributed by atoms with Crippen LogP contribution in [0.3, 0.4) is 0 Å². The molecule has 0 fully saturated rings. The quantitative estimate of drug-likeness (QED) is 0.665. The Bertz CT molecular complexity index is 305. The average molecular weight is 163 g/mol. The van der Waals surface area contributed by atoms with Gasteiger partial charge in [0.2, 0.25) is 0 Å². The van der Waals surface area contributed by atoms with Crippen LogP contribution in [0.5, 0.6) is 0 Å². The van der Waals surface area contributed by atoms with Gasteiger partial charge in [-0.1, -0.05) is 0 Å². The maximum absolute atomic E-state index is 10.9. The van der Waals surface area contributed by atoms with Gasteiger partial charge >= 0.3 is 0 Å². The van der Waals surface area contributed by atoms with E-state index in [-0.39, 0.29) is 5.78 Å². The zero-order valence-corrected chi connectivity index (χ0v) is 7.72. The molecule has 64 valence electrons. The molecular weight excluding hydrogens is 150 g/mol. The van der Waals surface area contributed by atoms with Crippen molar-refractivity contribution in [1.29, 1.82) is 0 Å². The topological polar surface area (TPSA) is 30.0 Å². The first-order chi connectivity index (χ1) is 5.61. The van der Waals surface area contributed by atoms with Crippen LogP contribution in [0.2, 0.25) is 0 Å². The molecule has 0 saturated heterocycles. The Morgan fingerprint density at radius 3 is 2.75 bits per heavy atom. The van der Waals surface area contributed by atoms with Gasteiger partial charge in [-0.25, -0.2) is 0 Å². The number of Topliss-reactive ketones (excluding diaryl/α,β-unsaturated/α-hetero) is 1. The minimum Gasteiger partial charge on any atom is -0.300 e. The van der Waals surface area contributed by atoms with Gasteiger partial charge in [0.1, 0.15) is 5.78 Å². The number of nitrogens with zero attached hydrogens (tertiary/aromatic N) is 1. The fourth-order valence-electron chi connectivity index (χ4n) is 1.15. The van der Waals surface area contributed by atoms with Crippen LogP contribution in [0, 0.1) is 13.8 Å². The lowest BCUT2D eigenvalue weighted by Crippen LogP contribution is -2.00. The third kappa shape index (κ3) is 1.91. The molecular formula is C10H13NO. The molecule has 1 heterocycles. The molecule has 0 aliphatic carbocycles. The summed E-state index contributed by atoms with van der Waals surface area (Å²) in [5, 5.41) is 0. The van der Waals surface area contributed by atoms with Crippen molar-refractivity contribution >= 4 is 5.78 Å². The second-order valence-electron chi connectivity index (χ2n) is 3.06. The van der Waals surface area contributed by atoms with E-state index < -0.39 is 0 Å². The van der Waals surface area contributed by atoms with E-state index >= 15 is 0 Å². The third-order valence-electron chi connectivity index (χ3n) is 2.01. The summed E-state index contributed by atoms with van der Waals surface area (Å²) in [6.45, 7) is 5.56. The summed E-state index contributed by atoms with van der Waals surface area (Å²) >= 11 is 0. The van der Waals surface area contributed by atoms with E-state index in [0.717, 1.165) is 16.8 Å². The smallest absolute Gasteiger partial charge is 0.134 e. The Kier molecular flexibility index (Phi) is 2.58. The maximum atomic E-state index is 10.9. The minimum absolute atomic E-state index is 0.198. The average Bonchev–Trinajstić information content (AvgIpc) is 1.98. The van der Waals surface area contributed by atoms with Gasteiger partial charge in [-0.2, -0.15) is 0 Å². The van der Waals surface area contributed by atoms with Crippen molar-refractivity contribution in [1.82, 2.24) is 4.98 Å². The molecule has 0 aliphatic rings. The number of pyridine rings is 1. The first kappa shape index (κ1) is 8.91. The zero-order valence-electron chi connectivity index (χ0n) is 7.72. The molecule has 0 amide bonds. The van der Waals surface area contributed by atoms with E-state index in [4.69, 9.17) is 0 Å². The molecule has 0 saturated carbocycles. The summed E-state index contributed by atoms with van der Waals surface area (Å²) in [6, 6.07) is 1.91. The predicted molar refractivity (Wildman–Crippen MR) is 48.1 cm³/mol. The van der Waals surface area contributed by atoms with Crippen LogP contribution in [0.4, 0.5) is 0 Å². The van der Waals surface area contributed by atoms with E-state index in [0.29, 0.717) is 6.42 Å². The Labute approximate surface area is 72.6 Å². The van der Waals surface area contributed by atoms with E-state index in [1.165, 1.54) is 0 Å². The number of hydrogen-bond donors (Lipinski definition) is 0. The highest BCUT2D eigenvalue weighted by Gasteiger charge is 2.03. The van der Waals surface area contributed by atoms with Gasteiger partial charge in [-0.05, 0) is 38.0 Å². The second kappa shape index (κ2) is 3.48.